The standard InChI is InChI=1S/C27H25N5O2/c33-25-21-14-22(31-24(21)27(16-30-25)10-4-11-28-15-27)18-9-12-29-23(13-18)32-26(34)20-8-3-6-17-5-1-2-7-19(17)20/h1-3,5-9,12-14,28,31H,4,10-11,15-16H2,(H,30,33)(H,29,32,34). The fourth-order valence-corrected chi connectivity index (χ4v) is 5.25. The first-order chi connectivity index (χ1) is 16.6. The molecule has 0 aliphatic carbocycles. The van der Waals surface area contributed by atoms with Crippen molar-refractivity contribution in [1.29, 1.82) is 0 Å². The fourth-order valence-electron chi connectivity index (χ4n) is 5.25. The zero-order valence-corrected chi connectivity index (χ0v) is 18.7. The van der Waals surface area contributed by atoms with E-state index in [2.05, 4.69) is 25.9 Å². The molecule has 1 fully saturated rings. The van der Waals surface area contributed by atoms with Gasteiger partial charge in [-0.05, 0) is 54.4 Å². The Morgan fingerprint density at radius 3 is 2.79 bits per heavy atom. The van der Waals surface area contributed by atoms with Crippen LogP contribution in [0.5, 0.6) is 0 Å². The van der Waals surface area contributed by atoms with Gasteiger partial charge in [0, 0.05) is 47.2 Å². The van der Waals surface area contributed by atoms with Crippen LogP contribution in [0, 0.1) is 0 Å². The molecule has 0 bridgehead atoms. The number of aromatic nitrogens is 2. The van der Waals surface area contributed by atoms with Crippen molar-refractivity contribution in [2.45, 2.75) is 18.3 Å². The highest BCUT2D eigenvalue weighted by atomic mass is 16.2. The summed E-state index contributed by atoms with van der Waals surface area (Å²) in [6.45, 7) is 2.47. The number of benzene rings is 2. The van der Waals surface area contributed by atoms with Gasteiger partial charge < -0.3 is 20.9 Å². The Balaban J connectivity index is 1.32. The van der Waals surface area contributed by atoms with Crippen LogP contribution in [0.15, 0.2) is 66.9 Å². The molecule has 2 aromatic heterocycles. The van der Waals surface area contributed by atoms with Crippen molar-refractivity contribution in [2.75, 3.05) is 25.0 Å². The van der Waals surface area contributed by atoms with Gasteiger partial charge in [0.1, 0.15) is 5.82 Å². The quantitative estimate of drug-likeness (QED) is 0.380. The fraction of sp³-hybridized carbons (Fsp3) is 0.222. The molecule has 1 atom stereocenters. The van der Waals surface area contributed by atoms with Crippen molar-refractivity contribution in [3.63, 3.8) is 0 Å². The Morgan fingerprint density at radius 2 is 1.91 bits per heavy atom. The maximum absolute atomic E-state index is 13.1. The Labute approximate surface area is 197 Å². The van der Waals surface area contributed by atoms with Crippen LogP contribution in [0.4, 0.5) is 5.82 Å². The van der Waals surface area contributed by atoms with Crippen molar-refractivity contribution < 1.29 is 9.59 Å². The van der Waals surface area contributed by atoms with Crippen molar-refractivity contribution in [2.24, 2.45) is 0 Å². The molecule has 2 aliphatic heterocycles. The topological polar surface area (TPSA) is 98.9 Å². The third kappa shape index (κ3) is 3.45. The minimum absolute atomic E-state index is 0.0489. The number of carbonyl (C=O) groups is 2. The van der Waals surface area contributed by atoms with Crippen molar-refractivity contribution in [3.8, 4) is 11.3 Å². The van der Waals surface area contributed by atoms with E-state index < -0.39 is 0 Å². The van der Waals surface area contributed by atoms with E-state index in [1.165, 1.54) is 0 Å². The van der Waals surface area contributed by atoms with E-state index in [0.29, 0.717) is 23.5 Å². The van der Waals surface area contributed by atoms with Gasteiger partial charge in [0.15, 0.2) is 0 Å². The monoisotopic (exact) mass is 451 g/mol. The van der Waals surface area contributed by atoms with Gasteiger partial charge in [-0.2, -0.15) is 0 Å². The molecule has 4 N–H and O–H groups in total. The molecule has 7 heteroatoms. The Morgan fingerprint density at radius 1 is 1.03 bits per heavy atom. The average Bonchev–Trinajstić information content (AvgIpc) is 3.35. The van der Waals surface area contributed by atoms with Crippen LogP contribution in [0.25, 0.3) is 22.0 Å². The van der Waals surface area contributed by atoms with E-state index in [0.717, 1.165) is 53.7 Å². The SMILES string of the molecule is O=C1NCC2(CCCNC2)c2[nH]c(-c3ccnc(NC(=O)c4cccc5ccccc45)c3)cc21. The molecule has 0 radical (unpaired) electrons. The van der Waals surface area contributed by atoms with Crippen LogP contribution < -0.4 is 16.0 Å². The highest BCUT2D eigenvalue weighted by Crippen LogP contribution is 2.37. The van der Waals surface area contributed by atoms with Gasteiger partial charge in [0.05, 0.1) is 5.56 Å². The highest BCUT2D eigenvalue weighted by molar-refractivity contribution is 6.12. The third-order valence-electron chi connectivity index (χ3n) is 7.00. The summed E-state index contributed by atoms with van der Waals surface area (Å²) in [5, 5.41) is 11.4. The lowest BCUT2D eigenvalue weighted by Crippen LogP contribution is -2.54. The van der Waals surface area contributed by atoms with Crippen LogP contribution in [0.3, 0.4) is 0 Å². The second-order valence-electron chi connectivity index (χ2n) is 9.13. The van der Waals surface area contributed by atoms with Gasteiger partial charge in [0.2, 0.25) is 0 Å². The minimum atomic E-state index is -0.209. The van der Waals surface area contributed by atoms with E-state index in [4.69, 9.17) is 0 Å². The number of nitrogens with zero attached hydrogens (tertiary/aromatic N) is 1. The first-order valence-corrected chi connectivity index (χ1v) is 11.6. The van der Waals surface area contributed by atoms with Gasteiger partial charge in [-0.25, -0.2) is 4.98 Å². The first kappa shape index (κ1) is 20.6. The number of aromatic amines is 1. The van der Waals surface area contributed by atoms with Gasteiger partial charge in [-0.15, -0.1) is 0 Å². The van der Waals surface area contributed by atoms with Crippen LogP contribution in [-0.2, 0) is 5.41 Å². The number of amides is 2. The number of piperidine rings is 1. The summed E-state index contributed by atoms with van der Waals surface area (Å²) in [6.07, 6.45) is 3.77. The van der Waals surface area contributed by atoms with Gasteiger partial charge in [-0.3, -0.25) is 9.59 Å². The molecule has 1 unspecified atom stereocenters. The zero-order chi connectivity index (χ0) is 23.1. The molecule has 2 aliphatic rings. The summed E-state index contributed by atoms with van der Waals surface area (Å²) in [6, 6.07) is 19.1. The lowest BCUT2D eigenvalue weighted by atomic mass is 9.74. The molecule has 1 spiro atoms. The summed E-state index contributed by atoms with van der Waals surface area (Å²) in [7, 11) is 0. The van der Waals surface area contributed by atoms with E-state index in [9.17, 15) is 9.59 Å². The lowest BCUT2D eigenvalue weighted by Gasteiger charge is -2.40. The minimum Gasteiger partial charge on any atom is -0.357 e. The predicted molar refractivity (Wildman–Crippen MR) is 132 cm³/mol. The predicted octanol–water partition coefficient (Wildman–Crippen LogP) is 3.85. The highest BCUT2D eigenvalue weighted by Gasteiger charge is 2.42. The number of rotatable bonds is 3. The number of pyridine rings is 1. The Bertz CT molecular complexity index is 1410. The molecule has 6 rings (SSSR count). The molecular weight excluding hydrogens is 426 g/mol. The first-order valence-electron chi connectivity index (χ1n) is 11.6. The maximum atomic E-state index is 13.1. The molecule has 2 amide bonds. The zero-order valence-electron chi connectivity index (χ0n) is 18.7. The van der Waals surface area contributed by atoms with Crippen molar-refractivity contribution in [3.05, 3.63) is 83.7 Å². The summed E-state index contributed by atoms with van der Waals surface area (Å²) >= 11 is 0. The maximum Gasteiger partial charge on any atom is 0.257 e. The number of anilines is 1. The molecule has 1 saturated heterocycles. The second kappa shape index (κ2) is 8.11. The van der Waals surface area contributed by atoms with Crippen LogP contribution >= 0.6 is 0 Å². The number of carbonyl (C=O) groups excluding carboxylic acids is 2. The van der Waals surface area contributed by atoms with Crippen LogP contribution in [0.1, 0.15) is 39.3 Å². The molecule has 34 heavy (non-hydrogen) atoms. The second-order valence-corrected chi connectivity index (χ2v) is 9.13. The molecule has 4 heterocycles. The van der Waals surface area contributed by atoms with Gasteiger partial charge in [0.25, 0.3) is 11.8 Å². The average molecular weight is 452 g/mol. The summed E-state index contributed by atoms with van der Waals surface area (Å²) in [5.74, 6) is 0.201. The lowest BCUT2D eigenvalue weighted by molar-refractivity contribution is 0.0915. The smallest absolute Gasteiger partial charge is 0.257 e. The molecule has 0 saturated carbocycles. The number of H-pyrrole nitrogens is 1. The Kier molecular flexibility index (Phi) is 4.92. The number of nitrogens with one attached hydrogen (secondary N) is 4. The number of hydrogen-bond acceptors (Lipinski definition) is 4. The number of hydrogen-bond donors (Lipinski definition) is 4. The normalized spacial score (nSPS) is 19.6. The molecule has 4 aromatic rings. The van der Waals surface area contributed by atoms with Crippen molar-refractivity contribution >= 4 is 28.4 Å². The largest absolute Gasteiger partial charge is 0.357 e. The molecular formula is C27H25N5O2. The molecule has 7 nitrogen and oxygen atoms in total. The Hall–Kier alpha value is -3.97. The van der Waals surface area contributed by atoms with E-state index in [1.54, 1.807) is 6.20 Å². The third-order valence-corrected chi connectivity index (χ3v) is 7.00. The van der Waals surface area contributed by atoms with Gasteiger partial charge in [-0.1, -0.05) is 36.4 Å². The summed E-state index contributed by atoms with van der Waals surface area (Å²) in [5.41, 5.74) is 3.89. The van der Waals surface area contributed by atoms with Crippen LogP contribution in [-0.4, -0.2) is 41.4 Å². The molecule has 2 aromatic carbocycles. The van der Waals surface area contributed by atoms with E-state index in [-0.39, 0.29) is 17.2 Å². The summed E-state index contributed by atoms with van der Waals surface area (Å²) in [4.78, 5) is 33.6. The van der Waals surface area contributed by atoms with E-state index >= 15 is 0 Å². The van der Waals surface area contributed by atoms with Crippen molar-refractivity contribution in [1.82, 2.24) is 20.6 Å². The summed E-state index contributed by atoms with van der Waals surface area (Å²) < 4.78 is 0. The van der Waals surface area contributed by atoms with Gasteiger partial charge >= 0.3 is 0 Å². The van der Waals surface area contributed by atoms with Crippen LogP contribution in [0.2, 0.25) is 0 Å². The van der Waals surface area contributed by atoms with E-state index in [1.807, 2.05) is 60.7 Å². The number of fused-ring (bicyclic) bond motifs is 3. The molecule has 170 valence electrons.